The van der Waals surface area contributed by atoms with Gasteiger partial charge in [-0.2, -0.15) is 0 Å². The molecule has 2 aliphatic rings. The first-order valence-corrected chi connectivity index (χ1v) is 8.78. The lowest BCUT2D eigenvalue weighted by Crippen LogP contribution is -2.40. The molecule has 1 saturated heterocycles. The van der Waals surface area contributed by atoms with Crippen LogP contribution in [0.5, 0.6) is 5.75 Å². The van der Waals surface area contributed by atoms with Crippen LogP contribution in [0.3, 0.4) is 0 Å². The van der Waals surface area contributed by atoms with E-state index in [4.69, 9.17) is 4.74 Å². The van der Waals surface area contributed by atoms with Crippen LogP contribution in [0.25, 0.3) is 0 Å². The minimum Gasteiger partial charge on any atom is -0.497 e. The van der Waals surface area contributed by atoms with E-state index < -0.39 is 0 Å². The molecule has 2 fully saturated rings. The lowest BCUT2D eigenvalue weighted by atomic mass is 9.94. The SMILES string of the molecule is COc1ccc([C@@H]2CN(C(=O)C3CCCC3)C[C@H]2NC(C)=O)cc1. The van der Waals surface area contributed by atoms with Crippen molar-refractivity contribution in [2.24, 2.45) is 5.92 Å². The molecule has 0 unspecified atom stereocenters. The van der Waals surface area contributed by atoms with Crippen molar-refractivity contribution in [1.82, 2.24) is 10.2 Å². The Morgan fingerprint density at radius 2 is 1.79 bits per heavy atom. The molecule has 2 amide bonds. The van der Waals surface area contributed by atoms with E-state index in [2.05, 4.69) is 5.32 Å². The van der Waals surface area contributed by atoms with Gasteiger partial charge in [0, 0.05) is 31.8 Å². The van der Waals surface area contributed by atoms with Crippen LogP contribution in [0.4, 0.5) is 0 Å². The number of nitrogens with zero attached hydrogens (tertiary/aromatic N) is 1. The van der Waals surface area contributed by atoms with Gasteiger partial charge < -0.3 is 15.0 Å². The van der Waals surface area contributed by atoms with Gasteiger partial charge >= 0.3 is 0 Å². The van der Waals surface area contributed by atoms with Gasteiger partial charge in [-0.05, 0) is 30.5 Å². The van der Waals surface area contributed by atoms with Crippen molar-refractivity contribution in [1.29, 1.82) is 0 Å². The highest BCUT2D eigenvalue weighted by Gasteiger charge is 2.39. The molecule has 1 heterocycles. The molecule has 0 aromatic heterocycles. The largest absolute Gasteiger partial charge is 0.497 e. The third kappa shape index (κ3) is 3.55. The van der Waals surface area contributed by atoms with E-state index in [1.807, 2.05) is 29.2 Å². The van der Waals surface area contributed by atoms with Gasteiger partial charge in [0.2, 0.25) is 11.8 Å². The van der Waals surface area contributed by atoms with Crippen LogP contribution in [0, 0.1) is 5.92 Å². The first-order chi connectivity index (χ1) is 11.6. The highest BCUT2D eigenvalue weighted by molar-refractivity contribution is 5.80. The lowest BCUT2D eigenvalue weighted by Gasteiger charge is -2.20. The summed E-state index contributed by atoms with van der Waals surface area (Å²) in [6.07, 6.45) is 4.32. The highest BCUT2D eigenvalue weighted by Crippen LogP contribution is 2.33. The first-order valence-electron chi connectivity index (χ1n) is 8.78. The number of nitrogens with one attached hydrogen (secondary N) is 1. The van der Waals surface area contributed by atoms with E-state index in [1.54, 1.807) is 7.11 Å². The number of methoxy groups -OCH3 is 1. The summed E-state index contributed by atoms with van der Waals surface area (Å²) in [4.78, 5) is 26.3. The van der Waals surface area contributed by atoms with E-state index in [0.29, 0.717) is 13.1 Å². The normalized spacial score (nSPS) is 24.2. The van der Waals surface area contributed by atoms with Gasteiger partial charge in [-0.25, -0.2) is 0 Å². The molecule has 1 aromatic carbocycles. The summed E-state index contributed by atoms with van der Waals surface area (Å²) >= 11 is 0. The minimum atomic E-state index is -0.0475. The summed E-state index contributed by atoms with van der Waals surface area (Å²) in [7, 11) is 1.65. The summed E-state index contributed by atoms with van der Waals surface area (Å²) in [5.41, 5.74) is 1.14. The van der Waals surface area contributed by atoms with Crippen LogP contribution < -0.4 is 10.1 Å². The van der Waals surface area contributed by atoms with Gasteiger partial charge in [-0.1, -0.05) is 25.0 Å². The minimum absolute atomic E-state index is 0.0266. The second kappa shape index (κ2) is 7.24. The monoisotopic (exact) mass is 330 g/mol. The number of amides is 2. The molecular formula is C19H26N2O3. The summed E-state index contributed by atoms with van der Waals surface area (Å²) < 4.78 is 5.22. The van der Waals surface area contributed by atoms with Crippen LogP contribution in [-0.2, 0) is 9.59 Å². The Morgan fingerprint density at radius 1 is 1.12 bits per heavy atom. The average Bonchev–Trinajstić information content (AvgIpc) is 3.24. The zero-order valence-electron chi connectivity index (χ0n) is 14.5. The second-order valence-corrected chi connectivity index (χ2v) is 6.91. The zero-order valence-corrected chi connectivity index (χ0v) is 14.5. The Labute approximate surface area is 143 Å². The average molecular weight is 330 g/mol. The maximum atomic E-state index is 12.7. The van der Waals surface area contributed by atoms with Crippen LogP contribution in [0.1, 0.15) is 44.1 Å². The second-order valence-electron chi connectivity index (χ2n) is 6.91. The van der Waals surface area contributed by atoms with Crippen molar-refractivity contribution in [2.75, 3.05) is 20.2 Å². The molecule has 1 aliphatic heterocycles. The molecule has 0 radical (unpaired) electrons. The number of benzene rings is 1. The number of hydrogen-bond donors (Lipinski definition) is 1. The predicted molar refractivity (Wildman–Crippen MR) is 91.9 cm³/mol. The molecular weight excluding hydrogens is 304 g/mol. The van der Waals surface area contributed by atoms with E-state index in [-0.39, 0.29) is 29.7 Å². The third-order valence-corrected chi connectivity index (χ3v) is 5.27. The van der Waals surface area contributed by atoms with E-state index in [1.165, 1.54) is 6.92 Å². The lowest BCUT2D eigenvalue weighted by molar-refractivity contribution is -0.134. The molecule has 1 N–H and O–H groups in total. The third-order valence-electron chi connectivity index (χ3n) is 5.27. The summed E-state index contributed by atoms with van der Waals surface area (Å²) in [6.45, 7) is 2.81. The van der Waals surface area contributed by atoms with Crippen LogP contribution >= 0.6 is 0 Å². The van der Waals surface area contributed by atoms with E-state index >= 15 is 0 Å². The van der Waals surface area contributed by atoms with Crippen LogP contribution in [0.15, 0.2) is 24.3 Å². The first kappa shape index (κ1) is 16.8. The Kier molecular flexibility index (Phi) is 5.07. The summed E-state index contributed by atoms with van der Waals surface area (Å²) in [5, 5.41) is 3.03. The van der Waals surface area contributed by atoms with Crippen molar-refractivity contribution in [3.63, 3.8) is 0 Å². The molecule has 5 heteroatoms. The van der Waals surface area contributed by atoms with Gasteiger partial charge in [0.25, 0.3) is 0 Å². The Balaban J connectivity index is 1.76. The Hall–Kier alpha value is -2.04. The molecule has 0 bridgehead atoms. The van der Waals surface area contributed by atoms with E-state index in [9.17, 15) is 9.59 Å². The maximum absolute atomic E-state index is 12.7. The molecule has 1 aliphatic carbocycles. The fourth-order valence-corrected chi connectivity index (χ4v) is 4.01. The van der Waals surface area contributed by atoms with Gasteiger partial charge in [-0.15, -0.1) is 0 Å². The van der Waals surface area contributed by atoms with Crippen molar-refractivity contribution in [2.45, 2.75) is 44.6 Å². The van der Waals surface area contributed by atoms with Gasteiger partial charge in [-0.3, -0.25) is 9.59 Å². The number of ether oxygens (including phenoxy) is 1. The van der Waals surface area contributed by atoms with Gasteiger partial charge in [0.05, 0.1) is 13.2 Å². The van der Waals surface area contributed by atoms with Crippen LogP contribution in [-0.4, -0.2) is 43.0 Å². The van der Waals surface area contributed by atoms with Crippen LogP contribution in [0.2, 0.25) is 0 Å². The standard InChI is InChI=1S/C19H26N2O3/c1-13(22)20-18-12-21(19(23)15-5-3-4-6-15)11-17(18)14-7-9-16(24-2)10-8-14/h7-10,15,17-18H,3-6,11-12H2,1-2H3,(H,20,22)/t17-,18+/m0/s1. The predicted octanol–water partition coefficient (Wildman–Crippen LogP) is 2.32. The summed E-state index contributed by atoms with van der Waals surface area (Å²) in [5.74, 6) is 1.34. The fourth-order valence-electron chi connectivity index (χ4n) is 4.01. The molecule has 1 aromatic rings. The number of rotatable bonds is 4. The van der Waals surface area contributed by atoms with Gasteiger partial charge in [0.1, 0.15) is 5.75 Å². The molecule has 130 valence electrons. The number of hydrogen-bond acceptors (Lipinski definition) is 3. The van der Waals surface area contributed by atoms with Crippen molar-refractivity contribution in [3.05, 3.63) is 29.8 Å². The fraction of sp³-hybridized carbons (Fsp3) is 0.579. The molecule has 24 heavy (non-hydrogen) atoms. The molecule has 3 rings (SSSR count). The zero-order chi connectivity index (χ0) is 17.1. The molecule has 5 nitrogen and oxygen atoms in total. The molecule has 2 atom stereocenters. The van der Waals surface area contributed by atoms with Crippen molar-refractivity contribution >= 4 is 11.8 Å². The number of carbonyl (C=O) groups is 2. The Bertz CT molecular complexity index is 593. The van der Waals surface area contributed by atoms with E-state index in [0.717, 1.165) is 37.0 Å². The topological polar surface area (TPSA) is 58.6 Å². The van der Waals surface area contributed by atoms with Crippen molar-refractivity contribution in [3.8, 4) is 5.75 Å². The quantitative estimate of drug-likeness (QED) is 0.922. The van der Waals surface area contributed by atoms with Crippen molar-refractivity contribution < 1.29 is 14.3 Å². The molecule has 1 saturated carbocycles. The Morgan fingerprint density at radius 3 is 2.38 bits per heavy atom. The maximum Gasteiger partial charge on any atom is 0.225 e. The summed E-state index contributed by atoms with van der Waals surface area (Å²) in [6, 6.07) is 7.90. The number of carbonyl (C=O) groups excluding carboxylic acids is 2. The number of likely N-dealkylation sites (tertiary alicyclic amines) is 1. The molecule has 0 spiro atoms. The van der Waals surface area contributed by atoms with Gasteiger partial charge in [0.15, 0.2) is 0 Å². The smallest absolute Gasteiger partial charge is 0.225 e. The highest BCUT2D eigenvalue weighted by atomic mass is 16.5.